The molecular formula is C14H12ClNO. The molecule has 86 valence electrons. The lowest BCUT2D eigenvalue weighted by Crippen LogP contribution is -2.05. The highest BCUT2D eigenvalue weighted by Gasteiger charge is 1.97. The molecule has 0 amide bonds. The Morgan fingerprint density at radius 1 is 1.12 bits per heavy atom. The van der Waals surface area contributed by atoms with Crippen molar-refractivity contribution in [2.45, 2.75) is 6.42 Å². The Morgan fingerprint density at radius 3 is 2.59 bits per heavy atom. The van der Waals surface area contributed by atoms with Gasteiger partial charge < -0.3 is 4.98 Å². The van der Waals surface area contributed by atoms with Crippen molar-refractivity contribution in [2.75, 3.05) is 0 Å². The summed E-state index contributed by atoms with van der Waals surface area (Å²) in [5.41, 5.74) is 1.74. The summed E-state index contributed by atoms with van der Waals surface area (Å²) in [5.74, 6) is 0. The zero-order valence-electron chi connectivity index (χ0n) is 9.19. The average molecular weight is 246 g/mol. The molecule has 0 fully saturated rings. The Balaban J connectivity index is 2.14. The van der Waals surface area contributed by atoms with Crippen molar-refractivity contribution < 1.29 is 0 Å². The molecular weight excluding hydrogens is 234 g/mol. The fourth-order valence-corrected chi connectivity index (χ4v) is 1.73. The topological polar surface area (TPSA) is 32.9 Å². The van der Waals surface area contributed by atoms with E-state index in [2.05, 4.69) is 4.98 Å². The van der Waals surface area contributed by atoms with Crippen molar-refractivity contribution in [1.29, 1.82) is 0 Å². The second-order valence-electron chi connectivity index (χ2n) is 3.66. The summed E-state index contributed by atoms with van der Waals surface area (Å²) in [7, 11) is 0. The van der Waals surface area contributed by atoms with Crippen molar-refractivity contribution in [3.8, 4) is 0 Å². The number of allylic oxidation sites excluding steroid dienone is 1. The highest BCUT2D eigenvalue weighted by atomic mass is 35.5. The number of aromatic amines is 1. The lowest BCUT2D eigenvalue weighted by atomic mass is 10.2. The summed E-state index contributed by atoms with van der Waals surface area (Å²) in [6.45, 7) is 0. The third-order valence-electron chi connectivity index (χ3n) is 2.38. The monoisotopic (exact) mass is 245 g/mol. The van der Waals surface area contributed by atoms with E-state index in [1.807, 2.05) is 42.5 Å². The maximum Gasteiger partial charge on any atom is 0.248 e. The van der Waals surface area contributed by atoms with Gasteiger partial charge in [-0.15, -0.1) is 0 Å². The van der Waals surface area contributed by atoms with Crippen molar-refractivity contribution >= 4 is 16.6 Å². The van der Waals surface area contributed by atoms with Crippen molar-refractivity contribution in [2.24, 2.45) is 0 Å². The van der Waals surface area contributed by atoms with Gasteiger partial charge in [0.25, 0.3) is 0 Å². The predicted molar refractivity (Wildman–Crippen MR) is 71.0 cm³/mol. The van der Waals surface area contributed by atoms with Gasteiger partial charge in [-0.2, -0.15) is 0 Å². The molecule has 0 aliphatic heterocycles. The highest BCUT2D eigenvalue weighted by Crippen LogP contribution is 2.18. The smallest absolute Gasteiger partial charge is 0.248 e. The van der Waals surface area contributed by atoms with Gasteiger partial charge in [0.15, 0.2) is 0 Å². The van der Waals surface area contributed by atoms with E-state index in [0.29, 0.717) is 11.5 Å². The Labute approximate surface area is 105 Å². The number of hydrogen-bond donors (Lipinski definition) is 1. The number of pyridine rings is 1. The van der Waals surface area contributed by atoms with Gasteiger partial charge in [-0.1, -0.05) is 54.1 Å². The molecule has 0 saturated carbocycles. The molecule has 1 N–H and O–H groups in total. The minimum absolute atomic E-state index is 0.0910. The Morgan fingerprint density at radius 2 is 1.88 bits per heavy atom. The van der Waals surface area contributed by atoms with Crippen LogP contribution in [0.2, 0.25) is 0 Å². The summed E-state index contributed by atoms with van der Waals surface area (Å²) >= 11 is 6.16. The molecule has 0 unspecified atom stereocenters. The van der Waals surface area contributed by atoms with Gasteiger partial charge in [0.2, 0.25) is 5.56 Å². The number of rotatable bonds is 3. The van der Waals surface area contributed by atoms with Crippen LogP contribution in [-0.2, 0) is 6.42 Å². The first-order chi connectivity index (χ1) is 8.25. The Kier molecular flexibility index (Phi) is 3.78. The molecule has 17 heavy (non-hydrogen) atoms. The van der Waals surface area contributed by atoms with E-state index < -0.39 is 0 Å². The number of nitrogens with one attached hydrogen (secondary N) is 1. The molecule has 3 heteroatoms. The average Bonchev–Trinajstić information content (AvgIpc) is 2.37. The molecule has 0 aliphatic rings. The van der Waals surface area contributed by atoms with Crippen molar-refractivity contribution in [3.63, 3.8) is 0 Å². The van der Waals surface area contributed by atoms with Crippen LogP contribution in [0.25, 0.3) is 5.03 Å². The predicted octanol–water partition coefficient (Wildman–Crippen LogP) is 3.20. The van der Waals surface area contributed by atoms with Crippen LogP contribution in [0.4, 0.5) is 0 Å². The van der Waals surface area contributed by atoms with Crippen LogP contribution in [0.5, 0.6) is 0 Å². The molecule has 2 rings (SSSR count). The van der Waals surface area contributed by atoms with Crippen LogP contribution in [0.3, 0.4) is 0 Å². The van der Waals surface area contributed by atoms with Gasteiger partial charge in [0.1, 0.15) is 0 Å². The standard InChI is InChI=1S/C14H12ClNO/c15-13(11-5-2-1-3-6-11)10-9-12-7-4-8-14(17)16-12/h1-8,10H,9H2,(H,16,17)/b13-10+. The van der Waals surface area contributed by atoms with Crippen LogP contribution < -0.4 is 5.56 Å². The molecule has 2 nitrogen and oxygen atoms in total. The summed E-state index contributed by atoms with van der Waals surface area (Å²) in [6, 6.07) is 14.8. The van der Waals surface area contributed by atoms with Crippen molar-refractivity contribution in [3.05, 3.63) is 76.2 Å². The molecule has 0 aliphatic carbocycles. The van der Waals surface area contributed by atoms with Crippen molar-refractivity contribution in [1.82, 2.24) is 4.98 Å². The first kappa shape index (κ1) is 11.7. The second-order valence-corrected chi connectivity index (χ2v) is 4.07. The van der Waals surface area contributed by atoms with Crippen LogP contribution in [0.15, 0.2) is 59.4 Å². The minimum atomic E-state index is -0.0910. The van der Waals surface area contributed by atoms with Crippen LogP contribution in [0.1, 0.15) is 11.3 Å². The summed E-state index contributed by atoms with van der Waals surface area (Å²) in [4.78, 5) is 13.9. The van der Waals surface area contributed by atoms with E-state index >= 15 is 0 Å². The van der Waals surface area contributed by atoms with E-state index in [-0.39, 0.29) is 5.56 Å². The van der Waals surface area contributed by atoms with Gasteiger partial charge in [-0.05, 0) is 11.6 Å². The normalized spacial score (nSPS) is 11.5. The van der Waals surface area contributed by atoms with Crippen LogP contribution in [-0.4, -0.2) is 4.98 Å². The first-order valence-corrected chi connectivity index (χ1v) is 5.73. The fraction of sp³-hybridized carbons (Fsp3) is 0.0714. The minimum Gasteiger partial charge on any atom is -0.326 e. The summed E-state index contributed by atoms with van der Waals surface area (Å²) < 4.78 is 0. The zero-order chi connectivity index (χ0) is 12.1. The Bertz CT molecular complexity index is 572. The number of halogens is 1. The highest BCUT2D eigenvalue weighted by molar-refractivity contribution is 6.48. The lowest BCUT2D eigenvalue weighted by molar-refractivity contribution is 1.08. The number of hydrogen-bond acceptors (Lipinski definition) is 1. The number of H-pyrrole nitrogens is 1. The van der Waals surface area contributed by atoms with Gasteiger partial charge in [0.05, 0.1) is 0 Å². The molecule has 0 atom stereocenters. The molecule has 1 heterocycles. The van der Waals surface area contributed by atoms with Gasteiger partial charge in [0, 0.05) is 23.2 Å². The second kappa shape index (κ2) is 5.51. The maximum absolute atomic E-state index is 11.1. The third-order valence-corrected chi connectivity index (χ3v) is 2.75. The van der Waals surface area contributed by atoms with Crippen LogP contribution >= 0.6 is 11.6 Å². The van der Waals surface area contributed by atoms with E-state index in [1.54, 1.807) is 6.07 Å². The molecule has 0 radical (unpaired) electrons. The Hall–Kier alpha value is -1.80. The maximum atomic E-state index is 11.1. The van der Waals surface area contributed by atoms with Gasteiger partial charge in [-0.25, -0.2) is 0 Å². The third kappa shape index (κ3) is 3.33. The van der Waals surface area contributed by atoms with Gasteiger partial charge in [-0.3, -0.25) is 4.79 Å². The zero-order valence-corrected chi connectivity index (χ0v) is 9.95. The molecule has 1 aromatic heterocycles. The largest absolute Gasteiger partial charge is 0.326 e. The van der Waals surface area contributed by atoms with Crippen LogP contribution in [0, 0.1) is 0 Å². The van der Waals surface area contributed by atoms with E-state index in [9.17, 15) is 4.79 Å². The summed E-state index contributed by atoms with van der Waals surface area (Å²) in [6.07, 6.45) is 2.51. The number of benzene rings is 1. The molecule has 0 saturated heterocycles. The molecule has 0 spiro atoms. The summed E-state index contributed by atoms with van der Waals surface area (Å²) in [5, 5.41) is 0.690. The first-order valence-electron chi connectivity index (χ1n) is 5.35. The van der Waals surface area contributed by atoms with E-state index in [0.717, 1.165) is 11.3 Å². The lowest BCUT2D eigenvalue weighted by Gasteiger charge is -1.99. The quantitative estimate of drug-likeness (QED) is 0.885. The van der Waals surface area contributed by atoms with Gasteiger partial charge >= 0.3 is 0 Å². The molecule has 2 aromatic rings. The van der Waals surface area contributed by atoms with E-state index in [4.69, 9.17) is 11.6 Å². The SMILES string of the molecule is O=c1cccc(C/C=C(/Cl)c2ccccc2)[nH]1. The van der Waals surface area contributed by atoms with E-state index in [1.165, 1.54) is 6.07 Å². The molecule has 0 bridgehead atoms. The number of aromatic nitrogens is 1. The molecule has 1 aromatic carbocycles. The fourth-order valence-electron chi connectivity index (χ4n) is 1.53.